The molecule has 0 aliphatic rings. The summed E-state index contributed by atoms with van der Waals surface area (Å²) >= 11 is 3.58. The molecule has 0 radical (unpaired) electrons. The third-order valence-corrected chi connectivity index (χ3v) is 4.26. The number of hydrogen-bond donors (Lipinski definition) is 0. The lowest BCUT2D eigenvalue weighted by atomic mass is 10.2. The van der Waals surface area contributed by atoms with Crippen LogP contribution >= 0.6 is 15.9 Å². The Morgan fingerprint density at radius 3 is 2.62 bits per heavy atom. The van der Waals surface area contributed by atoms with Crippen LogP contribution in [0.15, 0.2) is 34.8 Å². The van der Waals surface area contributed by atoms with E-state index in [0.717, 1.165) is 28.0 Å². The molecule has 2 heterocycles. The molecule has 0 N–H and O–H groups in total. The van der Waals surface area contributed by atoms with Crippen molar-refractivity contribution in [3.63, 3.8) is 0 Å². The Labute approximate surface area is 130 Å². The summed E-state index contributed by atoms with van der Waals surface area (Å²) in [7, 11) is 0. The van der Waals surface area contributed by atoms with Gasteiger partial charge in [-0.15, -0.1) is 10.2 Å². The van der Waals surface area contributed by atoms with Gasteiger partial charge < -0.3 is 0 Å². The monoisotopic (exact) mass is 346 g/mol. The molecule has 0 fully saturated rings. The normalized spacial score (nSPS) is 11.0. The maximum absolute atomic E-state index is 4.47. The second kappa shape index (κ2) is 5.77. The van der Waals surface area contributed by atoms with Gasteiger partial charge in [0.15, 0.2) is 0 Å². The molecule has 0 amide bonds. The highest BCUT2D eigenvalue weighted by molar-refractivity contribution is 9.10. The molecular weight excluding hydrogens is 332 g/mol. The Kier molecular flexibility index (Phi) is 3.83. The molecule has 21 heavy (non-hydrogen) atoms. The van der Waals surface area contributed by atoms with Crippen LogP contribution in [0.4, 0.5) is 0 Å². The zero-order valence-corrected chi connectivity index (χ0v) is 13.4. The van der Waals surface area contributed by atoms with Gasteiger partial charge in [-0.2, -0.15) is 9.90 Å². The van der Waals surface area contributed by atoms with Crippen LogP contribution in [-0.4, -0.2) is 30.0 Å². The van der Waals surface area contributed by atoms with Crippen LogP contribution < -0.4 is 0 Å². The predicted molar refractivity (Wildman–Crippen MR) is 82.7 cm³/mol. The van der Waals surface area contributed by atoms with Gasteiger partial charge in [0.25, 0.3) is 0 Å². The van der Waals surface area contributed by atoms with E-state index in [4.69, 9.17) is 0 Å². The first kappa shape index (κ1) is 13.9. The summed E-state index contributed by atoms with van der Waals surface area (Å²) in [5, 5.41) is 17.1. The summed E-state index contributed by atoms with van der Waals surface area (Å²) < 4.78 is 2.95. The molecule has 7 heteroatoms. The smallest absolute Gasteiger partial charge is 0.204 e. The van der Waals surface area contributed by atoms with Crippen molar-refractivity contribution in [2.45, 2.75) is 26.9 Å². The Morgan fingerprint density at radius 2 is 1.90 bits per heavy atom. The number of rotatable bonds is 4. The van der Waals surface area contributed by atoms with E-state index in [2.05, 4.69) is 43.4 Å². The number of aromatic nitrogens is 6. The fourth-order valence-corrected chi connectivity index (χ4v) is 2.58. The summed E-state index contributed by atoms with van der Waals surface area (Å²) in [6.07, 6.45) is 0. The molecule has 6 nitrogen and oxygen atoms in total. The SMILES string of the molecule is CCn1nc(C)c(Br)c1Cn1nnc(-c2ccccc2)n1. The van der Waals surface area contributed by atoms with Crippen molar-refractivity contribution in [2.24, 2.45) is 0 Å². The van der Waals surface area contributed by atoms with Crippen molar-refractivity contribution in [1.29, 1.82) is 0 Å². The van der Waals surface area contributed by atoms with E-state index in [9.17, 15) is 0 Å². The summed E-state index contributed by atoms with van der Waals surface area (Å²) in [5.74, 6) is 0.631. The Balaban J connectivity index is 1.89. The van der Waals surface area contributed by atoms with Gasteiger partial charge in [-0.05, 0) is 35.0 Å². The van der Waals surface area contributed by atoms with Crippen molar-refractivity contribution < 1.29 is 0 Å². The summed E-state index contributed by atoms with van der Waals surface area (Å²) in [6, 6.07) is 9.83. The predicted octanol–water partition coefficient (Wildman–Crippen LogP) is 2.68. The minimum Gasteiger partial charge on any atom is -0.266 e. The molecule has 1 aromatic carbocycles. The maximum Gasteiger partial charge on any atom is 0.204 e. The van der Waals surface area contributed by atoms with Gasteiger partial charge in [-0.1, -0.05) is 30.3 Å². The van der Waals surface area contributed by atoms with Gasteiger partial charge in [0.05, 0.1) is 15.9 Å². The van der Waals surface area contributed by atoms with E-state index in [-0.39, 0.29) is 0 Å². The molecule has 2 aromatic heterocycles. The van der Waals surface area contributed by atoms with Crippen LogP contribution in [0, 0.1) is 6.92 Å². The van der Waals surface area contributed by atoms with Gasteiger partial charge in [-0.25, -0.2) is 0 Å². The highest BCUT2D eigenvalue weighted by Crippen LogP contribution is 2.21. The topological polar surface area (TPSA) is 61.4 Å². The van der Waals surface area contributed by atoms with Gasteiger partial charge in [-0.3, -0.25) is 4.68 Å². The largest absolute Gasteiger partial charge is 0.266 e. The minimum atomic E-state index is 0.537. The van der Waals surface area contributed by atoms with E-state index in [0.29, 0.717) is 12.4 Å². The van der Waals surface area contributed by atoms with E-state index < -0.39 is 0 Å². The van der Waals surface area contributed by atoms with Crippen LogP contribution in [0.1, 0.15) is 18.3 Å². The second-order valence-corrected chi connectivity index (χ2v) is 5.46. The van der Waals surface area contributed by atoms with Crippen LogP contribution in [0.25, 0.3) is 11.4 Å². The Morgan fingerprint density at radius 1 is 1.14 bits per heavy atom. The fraction of sp³-hybridized carbons (Fsp3) is 0.286. The van der Waals surface area contributed by atoms with Gasteiger partial charge in [0.2, 0.25) is 5.82 Å². The molecule has 0 unspecified atom stereocenters. The van der Waals surface area contributed by atoms with Crippen molar-refractivity contribution in [2.75, 3.05) is 0 Å². The summed E-state index contributed by atoms with van der Waals surface area (Å²) in [6.45, 7) is 5.38. The molecule has 0 aliphatic heterocycles. The van der Waals surface area contributed by atoms with Crippen LogP contribution in [0.3, 0.4) is 0 Å². The van der Waals surface area contributed by atoms with Crippen molar-refractivity contribution in [1.82, 2.24) is 30.0 Å². The van der Waals surface area contributed by atoms with E-state index in [1.165, 1.54) is 0 Å². The third kappa shape index (κ3) is 2.73. The van der Waals surface area contributed by atoms with Crippen LogP contribution in [0.5, 0.6) is 0 Å². The zero-order chi connectivity index (χ0) is 14.8. The molecule has 108 valence electrons. The number of tetrazole rings is 1. The van der Waals surface area contributed by atoms with Gasteiger partial charge in [0.1, 0.15) is 6.54 Å². The highest BCUT2D eigenvalue weighted by atomic mass is 79.9. The summed E-state index contributed by atoms with van der Waals surface area (Å²) in [4.78, 5) is 1.59. The Bertz CT molecular complexity index is 746. The molecule has 0 aliphatic carbocycles. The minimum absolute atomic E-state index is 0.537. The van der Waals surface area contributed by atoms with Gasteiger partial charge >= 0.3 is 0 Å². The third-order valence-electron chi connectivity index (χ3n) is 3.23. The highest BCUT2D eigenvalue weighted by Gasteiger charge is 2.14. The lowest BCUT2D eigenvalue weighted by Crippen LogP contribution is -2.10. The zero-order valence-electron chi connectivity index (χ0n) is 11.9. The molecule has 3 aromatic rings. The maximum atomic E-state index is 4.47. The van der Waals surface area contributed by atoms with E-state index in [1.807, 2.05) is 41.9 Å². The first-order chi connectivity index (χ1) is 10.2. The number of nitrogens with zero attached hydrogens (tertiary/aromatic N) is 6. The molecular formula is C14H15BrN6. The molecule has 0 saturated heterocycles. The second-order valence-electron chi connectivity index (χ2n) is 4.67. The summed E-state index contributed by atoms with van der Waals surface area (Å²) in [5.41, 5.74) is 2.98. The number of aryl methyl sites for hydroxylation is 2. The molecule has 3 rings (SSSR count). The number of benzene rings is 1. The number of halogens is 1. The van der Waals surface area contributed by atoms with Crippen molar-refractivity contribution >= 4 is 15.9 Å². The standard InChI is InChI=1S/C14H15BrN6/c1-3-20-12(13(15)10(2)17-20)9-21-18-14(16-19-21)11-7-5-4-6-8-11/h4-8H,3,9H2,1-2H3. The Hall–Kier alpha value is -2.02. The van der Waals surface area contributed by atoms with E-state index in [1.54, 1.807) is 4.80 Å². The van der Waals surface area contributed by atoms with Crippen LogP contribution in [-0.2, 0) is 13.1 Å². The quantitative estimate of drug-likeness (QED) is 0.728. The fourth-order valence-electron chi connectivity index (χ4n) is 2.17. The first-order valence-electron chi connectivity index (χ1n) is 6.74. The first-order valence-corrected chi connectivity index (χ1v) is 7.53. The lowest BCUT2D eigenvalue weighted by Gasteiger charge is -2.03. The van der Waals surface area contributed by atoms with Gasteiger partial charge in [0, 0.05) is 12.1 Å². The average Bonchev–Trinajstić information content (AvgIpc) is 3.08. The number of hydrogen-bond acceptors (Lipinski definition) is 4. The molecule has 0 bridgehead atoms. The molecule has 0 saturated carbocycles. The van der Waals surface area contributed by atoms with Crippen molar-refractivity contribution in [3.05, 3.63) is 46.2 Å². The van der Waals surface area contributed by atoms with Crippen molar-refractivity contribution in [3.8, 4) is 11.4 Å². The molecule has 0 atom stereocenters. The van der Waals surface area contributed by atoms with E-state index >= 15 is 0 Å². The van der Waals surface area contributed by atoms with Crippen LogP contribution in [0.2, 0.25) is 0 Å². The average molecular weight is 347 g/mol. The lowest BCUT2D eigenvalue weighted by molar-refractivity contribution is 0.523. The molecule has 0 spiro atoms.